The van der Waals surface area contributed by atoms with Crippen LogP contribution in [0.15, 0.2) is 11.4 Å². The Bertz CT molecular complexity index is 491. The average Bonchev–Trinajstić information content (AvgIpc) is 2.64. The molecule has 0 saturated heterocycles. The average molecular weight is 290 g/mol. The Morgan fingerprint density at radius 2 is 2.16 bits per heavy atom. The number of anilines is 1. The van der Waals surface area contributed by atoms with Crippen LogP contribution in [-0.4, -0.2) is 49.1 Å². The lowest BCUT2D eigenvalue weighted by molar-refractivity contribution is 0.175. The van der Waals surface area contributed by atoms with E-state index in [0.29, 0.717) is 19.7 Å². The predicted molar refractivity (Wildman–Crippen MR) is 73.1 cm³/mol. The second kappa shape index (κ2) is 6.36. The van der Waals surface area contributed by atoms with Crippen LogP contribution in [0.5, 0.6) is 0 Å². The number of hydrogen-bond donors (Lipinski definition) is 1. The van der Waals surface area contributed by atoms with Crippen molar-refractivity contribution in [2.45, 2.75) is 18.9 Å². The highest BCUT2D eigenvalue weighted by atomic mass is 32.2. The Morgan fingerprint density at radius 3 is 2.58 bits per heavy atom. The van der Waals surface area contributed by atoms with Crippen LogP contribution in [-0.2, 0) is 21.8 Å². The van der Waals surface area contributed by atoms with Crippen LogP contribution in [0, 0.1) is 5.92 Å². The number of imidazole rings is 1. The molecule has 0 spiro atoms. The molecule has 19 heavy (non-hydrogen) atoms. The van der Waals surface area contributed by atoms with E-state index in [-0.39, 0.29) is 16.8 Å². The van der Waals surface area contributed by atoms with Crippen molar-refractivity contribution < 1.29 is 13.2 Å². The molecular weight excluding hydrogens is 268 g/mol. The molecule has 0 atom stereocenters. The summed E-state index contributed by atoms with van der Waals surface area (Å²) in [5.41, 5.74) is 5.66. The summed E-state index contributed by atoms with van der Waals surface area (Å²) in [5.74, 6) is 0.231. The highest BCUT2D eigenvalue weighted by Gasteiger charge is 2.30. The third-order valence-corrected chi connectivity index (χ3v) is 4.60. The second-order valence-corrected chi connectivity index (χ2v) is 6.65. The van der Waals surface area contributed by atoms with Crippen molar-refractivity contribution >= 4 is 15.8 Å². The molecule has 0 amide bonds. The minimum absolute atomic E-state index is 0.0219. The van der Waals surface area contributed by atoms with Crippen molar-refractivity contribution in [3.8, 4) is 0 Å². The summed E-state index contributed by atoms with van der Waals surface area (Å²) in [5, 5.41) is 0.0317. The number of rotatable bonds is 7. The fourth-order valence-corrected chi connectivity index (χ4v) is 3.57. The summed E-state index contributed by atoms with van der Waals surface area (Å²) >= 11 is 0. The SMILES string of the molecule is COCCN(CC(C)C)S(=O)(=O)c1c(N)ncn1C. The highest BCUT2D eigenvalue weighted by molar-refractivity contribution is 7.89. The van der Waals surface area contributed by atoms with Gasteiger partial charge in [-0.05, 0) is 5.92 Å². The minimum atomic E-state index is -3.66. The predicted octanol–water partition coefficient (Wildman–Crippen LogP) is 0.295. The summed E-state index contributed by atoms with van der Waals surface area (Å²) in [4.78, 5) is 3.83. The first-order valence-electron chi connectivity index (χ1n) is 6.06. The standard InChI is InChI=1S/C11H22N4O3S/c1-9(2)7-15(5-6-18-4)19(16,17)11-10(12)13-8-14(11)3/h8-9H,5-7,12H2,1-4H3. The van der Waals surface area contributed by atoms with E-state index in [1.165, 1.54) is 15.2 Å². The van der Waals surface area contributed by atoms with E-state index in [0.717, 1.165) is 0 Å². The van der Waals surface area contributed by atoms with Crippen molar-refractivity contribution in [3.05, 3.63) is 6.33 Å². The van der Waals surface area contributed by atoms with Crippen LogP contribution in [0.2, 0.25) is 0 Å². The van der Waals surface area contributed by atoms with E-state index in [9.17, 15) is 8.42 Å². The van der Waals surface area contributed by atoms with Gasteiger partial charge in [-0.1, -0.05) is 13.8 Å². The monoisotopic (exact) mass is 290 g/mol. The lowest BCUT2D eigenvalue weighted by atomic mass is 10.2. The maximum Gasteiger partial charge on any atom is 0.262 e. The second-order valence-electron chi connectivity index (χ2n) is 4.80. The molecule has 0 fully saturated rings. The topological polar surface area (TPSA) is 90.4 Å². The van der Waals surface area contributed by atoms with Gasteiger partial charge in [0.1, 0.15) is 0 Å². The van der Waals surface area contributed by atoms with Crippen molar-refractivity contribution in [2.75, 3.05) is 32.5 Å². The van der Waals surface area contributed by atoms with Crippen LogP contribution >= 0.6 is 0 Å². The lowest BCUT2D eigenvalue weighted by Gasteiger charge is -2.23. The van der Waals surface area contributed by atoms with Crippen LogP contribution in [0.1, 0.15) is 13.8 Å². The van der Waals surface area contributed by atoms with E-state index in [2.05, 4.69) is 4.98 Å². The number of nitrogen functional groups attached to an aromatic ring is 1. The molecule has 0 aliphatic rings. The zero-order valence-electron chi connectivity index (χ0n) is 11.8. The fraction of sp³-hybridized carbons (Fsp3) is 0.727. The molecule has 0 aliphatic heterocycles. The summed E-state index contributed by atoms with van der Waals surface area (Å²) in [7, 11) is -0.506. The van der Waals surface area contributed by atoms with Gasteiger partial charge in [0.2, 0.25) is 0 Å². The van der Waals surface area contributed by atoms with E-state index in [1.807, 2.05) is 13.8 Å². The first-order valence-corrected chi connectivity index (χ1v) is 7.50. The molecule has 0 aromatic carbocycles. The molecule has 1 aromatic heterocycles. The van der Waals surface area contributed by atoms with Gasteiger partial charge in [-0.2, -0.15) is 4.31 Å². The molecule has 0 unspecified atom stereocenters. The molecule has 1 rings (SSSR count). The number of nitrogens with zero attached hydrogens (tertiary/aromatic N) is 3. The first-order chi connectivity index (χ1) is 8.80. The normalized spacial score (nSPS) is 12.5. The number of aromatic nitrogens is 2. The van der Waals surface area contributed by atoms with Gasteiger partial charge in [-0.25, -0.2) is 13.4 Å². The van der Waals surface area contributed by atoms with Gasteiger partial charge >= 0.3 is 0 Å². The van der Waals surface area contributed by atoms with Gasteiger partial charge in [0, 0.05) is 27.2 Å². The van der Waals surface area contributed by atoms with Gasteiger partial charge in [-0.3, -0.25) is 0 Å². The van der Waals surface area contributed by atoms with E-state index >= 15 is 0 Å². The number of ether oxygens (including phenoxy) is 1. The van der Waals surface area contributed by atoms with Crippen LogP contribution in [0.4, 0.5) is 5.82 Å². The number of sulfonamides is 1. The zero-order chi connectivity index (χ0) is 14.6. The van der Waals surface area contributed by atoms with Crippen molar-refractivity contribution in [1.82, 2.24) is 13.9 Å². The summed E-state index contributed by atoms with van der Waals surface area (Å²) in [6.07, 6.45) is 1.39. The lowest BCUT2D eigenvalue weighted by Crippen LogP contribution is -2.37. The maximum atomic E-state index is 12.6. The van der Waals surface area contributed by atoms with Crippen molar-refractivity contribution in [3.63, 3.8) is 0 Å². The summed E-state index contributed by atoms with van der Waals surface area (Å²) in [6, 6.07) is 0. The van der Waals surface area contributed by atoms with E-state index < -0.39 is 10.0 Å². The van der Waals surface area contributed by atoms with Gasteiger partial charge in [0.25, 0.3) is 10.0 Å². The Hall–Kier alpha value is -1.12. The van der Waals surface area contributed by atoms with E-state index in [1.54, 1.807) is 14.2 Å². The molecule has 0 saturated carbocycles. The fourth-order valence-electron chi connectivity index (χ4n) is 1.78. The smallest absolute Gasteiger partial charge is 0.262 e. The van der Waals surface area contributed by atoms with Crippen LogP contribution < -0.4 is 5.73 Å². The third kappa shape index (κ3) is 3.68. The molecule has 110 valence electrons. The van der Waals surface area contributed by atoms with Crippen LogP contribution in [0.25, 0.3) is 0 Å². The molecule has 0 aliphatic carbocycles. The summed E-state index contributed by atoms with van der Waals surface area (Å²) in [6.45, 7) is 4.96. The van der Waals surface area contributed by atoms with Crippen molar-refractivity contribution in [1.29, 1.82) is 0 Å². The van der Waals surface area contributed by atoms with Gasteiger partial charge in [-0.15, -0.1) is 0 Å². The molecule has 1 heterocycles. The quantitative estimate of drug-likeness (QED) is 0.779. The molecule has 8 heteroatoms. The van der Waals surface area contributed by atoms with Crippen LogP contribution in [0.3, 0.4) is 0 Å². The Kier molecular flexibility index (Phi) is 5.33. The number of aryl methyl sites for hydroxylation is 1. The van der Waals surface area contributed by atoms with Gasteiger partial charge in [0.15, 0.2) is 10.8 Å². The maximum absolute atomic E-state index is 12.6. The number of hydrogen-bond acceptors (Lipinski definition) is 5. The van der Waals surface area contributed by atoms with E-state index in [4.69, 9.17) is 10.5 Å². The van der Waals surface area contributed by atoms with Gasteiger partial charge < -0.3 is 15.0 Å². The molecule has 0 radical (unpaired) electrons. The third-order valence-electron chi connectivity index (χ3n) is 2.61. The summed E-state index contributed by atoms with van der Waals surface area (Å²) < 4.78 is 33.0. The largest absolute Gasteiger partial charge is 0.383 e. The Balaban J connectivity index is 3.12. The molecule has 0 bridgehead atoms. The minimum Gasteiger partial charge on any atom is -0.383 e. The zero-order valence-corrected chi connectivity index (χ0v) is 12.6. The molecule has 1 aromatic rings. The first kappa shape index (κ1) is 15.9. The van der Waals surface area contributed by atoms with Crippen molar-refractivity contribution in [2.24, 2.45) is 13.0 Å². The molecule has 7 nitrogen and oxygen atoms in total. The molecular formula is C11H22N4O3S. The highest BCUT2D eigenvalue weighted by Crippen LogP contribution is 2.21. The van der Waals surface area contributed by atoms with Gasteiger partial charge in [0.05, 0.1) is 12.9 Å². The Morgan fingerprint density at radius 1 is 1.53 bits per heavy atom. The Labute approximate surface area is 114 Å². The number of methoxy groups -OCH3 is 1. The number of nitrogens with two attached hydrogens (primary N) is 1. The molecule has 2 N–H and O–H groups in total.